The number of hydrogen-bond donors (Lipinski definition) is 2. The molecule has 2 aliphatic rings. The van der Waals surface area contributed by atoms with Crippen LogP contribution in [-0.2, 0) is 28.0 Å². The fourth-order valence-electron chi connectivity index (χ4n) is 4.00. The Morgan fingerprint density at radius 1 is 1.15 bits per heavy atom. The quantitative estimate of drug-likeness (QED) is 0.489. The van der Waals surface area contributed by atoms with E-state index >= 15 is 0 Å². The molecule has 0 radical (unpaired) electrons. The average Bonchev–Trinajstić information content (AvgIpc) is 3.49. The van der Waals surface area contributed by atoms with Crippen LogP contribution in [-0.4, -0.2) is 65.3 Å². The SMILES string of the molecule is Cn1ccc(-c2cn(CC(=O)Nc3cccc4c3C(=O)N(C3CCC(=O)NC3=O)C4=O)nn2)n1. The van der Waals surface area contributed by atoms with Crippen LogP contribution in [0.5, 0.6) is 0 Å². The maximum atomic E-state index is 13.1. The molecule has 0 aliphatic carbocycles. The van der Waals surface area contributed by atoms with Crippen molar-refractivity contribution in [3.8, 4) is 11.4 Å². The number of fused-ring (bicyclic) bond motifs is 1. The predicted octanol–water partition coefficient (Wildman–Crippen LogP) is -0.281. The van der Waals surface area contributed by atoms with Crippen molar-refractivity contribution >= 4 is 35.2 Å². The van der Waals surface area contributed by atoms with Gasteiger partial charge in [0, 0.05) is 19.7 Å². The lowest BCUT2D eigenvalue weighted by Gasteiger charge is -2.27. The maximum Gasteiger partial charge on any atom is 0.264 e. The molecule has 0 bridgehead atoms. The first-order chi connectivity index (χ1) is 16.3. The number of carbonyl (C=O) groups excluding carboxylic acids is 5. The molecule has 3 aromatic rings. The van der Waals surface area contributed by atoms with Gasteiger partial charge in [-0.1, -0.05) is 11.3 Å². The monoisotopic (exact) mass is 462 g/mol. The summed E-state index contributed by atoms with van der Waals surface area (Å²) >= 11 is 0. The topological polar surface area (TPSA) is 161 Å². The first-order valence-electron chi connectivity index (χ1n) is 10.4. The van der Waals surface area contributed by atoms with E-state index in [1.54, 1.807) is 30.2 Å². The van der Waals surface area contributed by atoms with Crippen LogP contribution in [0.3, 0.4) is 0 Å². The van der Waals surface area contributed by atoms with Gasteiger partial charge in [0.25, 0.3) is 11.8 Å². The molecule has 0 spiro atoms. The molecule has 1 atom stereocenters. The van der Waals surface area contributed by atoms with Gasteiger partial charge in [0.1, 0.15) is 24.0 Å². The van der Waals surface area contributed by atoms with Crippen LogP contribution < -0.4 is 10.6 Å². The number of hydrogen-bond acceptors (Lipinski definition) is 8. The summed E-state index contributed by atoms with van der Waals surface area (Å²) in [7, 11) is 1.77. The molecule has 5 amide bonds. The molecule has 34 heavy (non-hydrogen) atoms. The number of rotatable bonds is 5. The Bertz CT molecular complexity index is 1370. The zero-order valence-electron chi connectivity index (χ0n) is 17.9. The second kappa shape index (κ2) is 8.03. The lowest BCUT2D eigenvalue weighted by Crippen LogP contribution is -2.54. The number of aryl methyl sites for hydroxylation is 1. The Morgan fingerprint density at radius 2 is 1.97 bits per heavy atom. The molecule has 13 heteroatoms. The zero-order chi connectivity index (χ0) is 24.0. The molecule has 1 unspecified atom stereocenters. The Kier molecular flexibility index (Phi) is 5.00. The molecule has 2 aromatic heterocycles. The molecule has 172 valence electrons. The van der Waals surface area contributed by atoms with Gasteiger partial charge in [-0.25, -0.2) is 4.68 Å². The average molecular weight is 462 g/mol. The summed E-state index contributed by atoms with van der Waals surface area (Å²) in [6.45, 7) is -0.192. The number of aromatic nitrogens is 5. The summed E-state index contributed by atoms with van der Waals surface area (Å²) in [5, 5.41) is 16.9. The first kappa shape index (κ1) is 21.2. The van der Waals surface area contributed by atoms with E-state index in [9.17, 15) is 24.0 Å². The normalized spacial score (nSPS) is 17.7. The highest BCUT2D eigenvalue weighted by Crippen LogP contribution is 2.32. The molecule has 1 fully saturated rings. The third kappa shape index (κ3) is 3.62. The summed E-state index contributed by atoms with van der Waals surface area (Å²) in [6, 6.07) is 5.15. The molecular weight excluding hydrogens is 444 g/mol. The Morgan fingerprint density at radius 3 is 2.71 bits per heavy atom. The van der Waals surface area contributed by atoms with E-state index in [-0.39, 0.29) is 36.2 Å². The number of amides is 5. The van der Waals surface area contributed by atoms with Gasteiger partial charge < -0.3 is 5.32 Å². The van der Waals surface area contributed by atoms with Crippen molar-refractivity contribution in [1.82, 2.24) is 35.0 Å². The van der Waals surface area contributed by atoms with E-state index in [1.165, 1.54) is 22.9 Å². The van der Waals surface area contributed by atoms with Crippen LogP contribution in [0.15, 0.2) is 36.7 Å². The number of carbonyl (C=O) groups is 5. The van der Waals surface area contributed by atoms with Gasteiger partial charge in [-0.15, -0.1) is 5.10 Å². The van der Waals surface area contributed by atoms with E-state index in [1.807, 2.05) is 0 Å². The maximum absolute atomic E-state index is 13.1. The Hall–Kier alpha value is -4.68. The van der Waals surface area contributed by atoms with Crippen LogP contribution >= 0.6 is 0 Å². The van der Waals surface area contributed by atoms with E-state index in [0.717, 1.165) is 4.90 Å². The number of nitrogens with zero attached hydrogens (tertiary/aromatic N) is 6. The van der Waals surface area contributed by atoms with Crippen LogP contribution in [0.1, 0.15) is 33.6 Å². The van der Waals surface area contributed by atoms with Crippen LogP contribution in [0.2, 0.25) is 0 Å². The van der Waals surface area contributed by atoms with Gasteiger partial charge >= 0.3 is 0 Å². The minimum Gasteiger partial charge on any atom is -0.324 e. The van der Waals surface area contributed by atoms with Crippen LogP contribution in [0, 0.1) is 0 Å². The molecule has 2 N–H and O–H groups in total. The molecule has 5 rings (SSSR count). The molecule has 1 saturated heterocycles. The van der Waals surface area contributed by atoms with Crippen molar-refractivity contribution in [2.24, 2.45) is 7.05 Å². The van der Waals surface area contributed by atoms with Crippen molar-refractivity contribution < 1.29 is 24.0 Å². The molecule has 4 heterocycles. The zero-order valence-corrected chi connectivity index (χ0v) is 17.9. The van der Waals surface area contributed by atoms with Gasteiger partial charge in [-0.2, -0.15) is 5.10 Å². The van der Waals surface area contributed by atoms with Gasteiger partial charge in [-0.05, 0) is 24.6 Å². The summed E-state index contributed by atoms with van der Waals surface area (Å²) in [5.74, 6) is -3.01. The van der Waals surface area contributed by atoms with E-state index in [0.29, 0.717) is 11.4 Å². The van der Waals surface area contributed by atoms with Gasteiger partial charge in [0.05, 0.1) is 23.0 Å². The highest BCUT2D eigenvalue weighted by Gasteiger charge is 2.45. The number of benzene rings is 1. The summed E-state index contributed by atoms with van der Waals surface area (Å²) in [5.41, 5.74) is 1.31. The van der Waals surface area contributed by atoms with E-state index in [2.05, 4.69) is 26.0 Å². The smallest absolute Gasteiger partial charge is 0.264 e. The minimum atomic E-state index is -1.09. The molecule has 1 aromatic carbocycles. The van der Waals surface area contributed by atoms with Crippen molar-refractivity contribution in [1.29, 1.82) is 0 Å². The van der Waals surface area contributed by atoms with Crippen LogP contribution in [0.25, 0.3) is 11.4 Å². The number of imide groups is 2. The fourth-order valence-corrected chi connectivity index (χ4v) is 4.00. The lowest BCUT2D eigenvalue weighted by molar-refractivity contribution is -0.136. The molecule has 13 nitrogen and oxygen atoms in total. The van der Waals surface area contributed by atoms with Crippen molar-refractivity contribution in [3.63, 3.8) is 0 Å². The van der Waals surface area contributed by atoms with E-state index < -0.39 is 35.6 Å². The minimum absolute atomic E-state index is 0.00156. The summed E-state index contributed by atoms with van der Waals surface area (Å²) in [4.78, 5) is 63.2. The van der Waals surface area contributed by atoms with Crippen molar-refractivity contribution in [3.05, 3.63) is 47.8 Å². The number of anilines is 1. The van der Waals surface area contributed by atoms with Crippen LogP contribution in [0.4, 0.5) is 5.69 Å². The third-order valence-corrected chi connectivity index (χ3v) is 5.56. The highest BCUT2D eigenvalue weighted by molar-refractivity contribution is 6.26. The Labute approximate surface area is 191 Å². The van der Waals surface area contributed by atoms with Gasteiger partial charge in [0.2, 0.25) is 17.7 Å². The molecular formula is C21H18N8O5. The lowest BCUT2D eigenvalue weighted by atomic mass is 10.0. The molecule has 2 aliphatic heterocycles. The second-order valence-corrected chi connectivity index (χ2v) is 7.90. The summed E-state index contributed by atoms with van der Waals surface area (Å²) in [6.07, 6.45) is 3.39. The fraction of sp³-hybridized carbons (Fsp3) is 0.238. The van der Waals surface area contributed by atoms with E-state index in [4.69, 9.17) is 0 Å². The standard InChI is InChI=1S/C21H18N8O5/c1-27-8-7-12(25-27)14-9-28(26-24-14)10-17(31)22-13-4-2-3-11-18(13)21(34)29(20(11)33)15-5-6-16(30)23-19(15)32/h2-4,7-9,15H,5-6,10H2,1H3,(H,22,31)(H,23,30,32). The molecule has 0 saturated carbocycles. The van der Waals surface area contributed by atoms with Crippen molar-refractivity contribution in [2.75, 3.05) is 5.32 Å². The number of nitrogens with one attached hydrogen (secondary N) is 2. The summed E-state index contributed by atoms with van der Waals surface area (Å²) < 4.78 is 2.94. The second-order valence-electron chi connectivity index (χ2n) is 7.90. The third-order valence-electron chi connectivity index (χ3n) is 5.56. The van der Waals surface area contributed by atoms with Crippen molar-refractivity contribution in [2.45, 2.75) is 25.4 Å². The van der Waals surface area contributed by atoms with Gasteiger partial charge in [0.15, 0.2) is 0 Å². The largest absolute Gasteiger partial charge is 0.324 e. The Balaban J connectivity index is 1.33. The van der Waals surface area contributed by atoms with Gasteiger partial charge in [-0.3, -0.25) is 38.9 Å². The predicted molar refractivity (Wildman–Crippen MR) is 114 cm³/mol. The number of piperidine rings is 1. The first-order valence-corrected chi connectivity index (χ1v) is 10.4. The highest BCUT2D eigenvalue weighted by atomic mass is 16.2.